The van der Waals surface area contributed by atoms with Crippen LogP contribution in [0.25, 0.3) is 0 Å². The van der Waals surface area contributed by atoms with Gasteiger partial charge in [0.1, 0.15) is 23.1 Å². The van der Waals surface area contributed by atoms with Crippen molar-refractivity contribution in [3.8, 4) is 17.7 Å². The summed E-state index contributed by atoms with van der Waals surface area (Å²) in [6.07, 6.45) is 1.18. The Kier molecular flexibility index (Phi) is 4.25. The lowest BCUT2D eigenvalue weighted by atomic mass is 9.72. The van der Waals surface area contributed by atoms with Crippen LogP contribution in [-0.2, 0) is 11.2 Å². The van der Waals surface area contributed by atoms with Crippen LogP contribution in [0.5, 0.6) is 11.6 Å². The van der Waals surface area contributed by atoms with Crippen molar-refractivity contribution < 1.29 is 14.6 Å². The van der Waals surface area contributed by atoms with Crippen LogP contribution in [0.15, 0.2) is 60.7 Å². The van der Waals surface area contributed by atoms with E-state index in [9.17, 15) is 10.4 Å². The topological polar surface area (TPSA) is 75.4 Å². The summed E-state index contributed by atoms with van der Waals surface area (Å²) in [6.45, 7) is 0. The van der Waals surface area contributed by atoms with Crippen molar-refractivity contribution in [3.05, 3.63) is 88.1 Å². The van der Waals surface area contributed by atoms with Gasteiger partial charge in [0.15, 0.2) is 5.60 Å². The predicted octanol–water partition coefficient (Wildman–Crippen LogP) is 4.67. The van der Waals surface area contributed by atoms with E-state index in [4.69, 9.17) is 21.1 Å². The maximum absolute atomic E-state index is 12.2. The number of fused-ring (bicyclic) bond motifs is 3. The molecule has 1 aromatic heterocycles. The molecule has 1 N–H and O–H groups in total. The summed E-state index contributed by atoms with van der Waals surface area (Å²) in [6, 6.07) is 21.1. The first-order valence-electron chi connectivity index (χ1n) is 9.75. The molecule has 0 saturated heterocycles. The van der Waals surface area contributed by atoms with Gasteiger partial charge < -0.3 is 14.6 Å². The first-order valence-corrected chi connectivity index (χ1v) is 10.1. The average molecular weight is 419 g/mol. The van der Waals surface area contributed by atoms with Crippen molar-refractivity contribution >= 4 is 11.6 Å². The Morgan fingerprint density at radius 1 is 1.20 bits per heavy atom. The lowest BCUT2D eigenvalue weighted by Crippen LogP contribution is -2.48. The molecule has 1 fully saturated rings. The number of benzene rings is 2. The first-order chi connectivity index (χ1) is 14.5. The third-order valence-electron chi connectivity index (χ3n) is 6.32. The van der Waals surface area contributed by atoms with E-state index in [0.29, 0.717) is 29.2 Å². The molecule has 0 spiro atoms. The molecule has 2 heterocycles. The number of rotatable bonds is 3. The van der Waals surface area contributed by atoms with E-state index >= 15 is 0 Å². The maximum Gasteiger partial charge on any atom is 0.224 e. The molecule has 5 rings (SSSR count). The number of aromatic nitrogens is 1. The summed E-state index contributed by atoms with van der Waals surface area (Å²) in [5, 5.41) is 22.2. The van der Waals surface area contributed by atoms with Crippen LogP contribution in [0.1, 0.15) is 41.1 Å². The highest BCUT2D eigenvalue weighted by Crippen LogP contribution is 2.67. The average Bonchev–Trinajstić information content (AvgIpc) is 3.21. The molecular formula is C24H19ClN2O3. The summed E-state index contributed by atoms with van der Waals surface area (Å²) in [5.74, 6) is 0.528. The molecule has 2 aromatic carbocycles. The molecule has 3 aromatic rings. The summed E-state index contributed by atoms with van der Waals surface area (Å²) in [7, 11) is 1.49. The van der Waals surface area contributed by atoms with Crippen LogP contribution in [0.3, 0.4) is 0 Å². The normalized spacial score (nSPS) is 26.4. The number of nitriles is 1. The van der Waals surface area contributed by atoms with Gasteiger partial charge >= 0.3 is 0 Å². The van der Waals surface area contributed by atoms with Crippen LogP contribution in [0.2, 0.25) is 5.02 Å². The molecule has 6 heteroatoms. The molecule has 1 aliphatic heterocycles. The third kappa shape index (κ3) is 2.41. The molecule has 2 aliphatic rings. The molecule has 1 aliphatic carbocycles. The van der Waals surface area contributed by atoms with Gasteiger partial charge in [0.25, 0.3) is 0 Å². The highest BCUT2D eigenvalue weighted by molar-refractivity contribution is 6.30. The Bertz CT molecular complexity index is 1160. The zero-order chi connectivity index (χ0) is 20.9. The van der Waals surface area contributed by atoms with E-state index in [1.54, 1.807) is 18.2 Å². The summed E-state index contributed by atoms with van der Waals surface area (Å²) < 4.78 is 12.1. The largest absolute Gasteiger partial charge is 0.481 e. The lowest BCUT2D eigenvalue weighted by molar-refractivity contribution is -0.106. The van der Waals surface area contributed by atoms with Crippen molar-refractivity contribution in [2.75, 3.05) is 7.11 Å². The van der Waals surface area contributed by atoms with Crippen molar-refractivity contribution in [2.45, 2.75) is 30.0 Å². The monoisotopic (exact) mass is 418 g/mol. The number of methoxy groups -OCH3 is 1. The zero-order valence-corrected chi connectivity index (χ0v) is 17.1. The Morgan fingerprint density at radius 3 is 2.60 bits per heavy atom. The lowest BCUT2D eigenvalue weighted by Gasteiger charge is -2.40. The Hall–Kier alpha value is -3.07. The van der Waals surface area contributed by atoms with E-state index in [1.807, 2.05) is 36.4 Å². The van der Waals surface area contributed by atoms with E-state index < -0.39 is 11.2 Å². The quantitative estimate of drug-likeness (QED) is 0.669. The van der Waals surface area contributed by atoms with Gasteiger partial charge in [-0.05, 0) is 36.1 Å². The third-order valence-corrected chi connectivity index (χ3v) is 6.57. The number of ether oxygens (including phenoxy) is 2. The van der Waals surface area contributed by atoms with Gasteiger partial charge in [-0.2, -0.15) is 5.26 Å². The Balaban J connectivity index is 1.80. The Morgan fingerprint density at radius 2 is 1.93 bits per heavy atom. The number of hydrogen-bond acceptors (Lipinski definition) is 5. The van der Waals surface area contributed by atoms with Gasteiger partial charge in [-0.1, -0.05) is 54.1 Å². The van der Waals surface area contributed by atoms with Crippen molar-refractivity contribution in [2.24, 2.45) is 0 Å². The standard InChI is InChI=1S/C24H19ClN2O3/c1-29-22-21-20(13-18(14-26)27-22)30-24(16-7-9-17(25)10-8-16)19(11-12-23(21,24)28)15-5-3-2-4-6-15/h2-10,13,19,28H,11-12H2,1H3/t19?,23?,24-/m0/s1. The van der Waals surface area contributed by atoms with Crippen LogP contribution < -0.4 is 9.47 Å². The van der Waals surface area contributed by atoms with Crippen LogP contribution in [0, 0.1) is 11.3 Å². The number of halogens is 1. The van der Waals surface area contributed by atoms with Crippen LogP contribution in [-0.4, -0.2) is 17.2 Å². The number of hydrogen-bond donors (Lipinski definition) is 1. The molecule has 150 valence electrons. The van der Waals surface area contributed by atoms with E-state index in [2.05, 4.69) is 17.1 Å². The van der Waals surface area contributed by atoms with Gasteiger partial charge in [-0.15, -0.1) is 0 Å². The van der Waals surface area contributed by atoms with Gasteiger partial charge in [-0.3, -0.25) is 0 Å². The molecule has 0 radical (unpaired) electrons. The van der Waals surface area contributed by atoms with E-state index in [-0.39, 0.29) is 17.5 Å². The second kappa shape index (κ2) is 6.73. The van der Waals surface area contributed by atoms with Gasteiger partial charge in [0.05, 0.1) is 12.7 Å². The number of pyridine rings is 1. The molecule has 1 saturated carbocycles. The second-order valence-electron chi connectivity index (χ2n) is 7.71. The number of aliphatic hydroxyl groups is 1. The fourth-order valence-electron chi connectivity index (χ4n) is 5.12. The summed E-state index contributed by atoms with van der Waals surface area (Å²) in [4.78, 5) is 4.28. The van der Waals surface area contributed by atoms with E-state index in [0.717, 1.165) is 11.1 Å². The van der Waals surface area contributed by atoms with Crippen molar-refractivity contribution in [1.29, 1.82) is 5.26 Å². The minimum absolute atomic E-state index is 0.118. The minimum Gasteiger partial charge on any atom is -0.481 e. The van der Waals surface area contributed by atoms with Crippen LogP contribution in [0.4, 0.5) is 0 Å². The zero-order valence-electron chi connectivity index (χ0n) is 16.3. The fourth-order valence-corrected chi connectivity index (χ4v) is 5.24. The maximum atomic E-state index is 12.2. The van der Waals surface area contributed by atoms with Gasteiger partial charge in [0, 0.05) is 17.0 Å². The molecule has 2 unspecified atom stereocenters. The first kappa shape index (κ1) is 18.9. The number of nitrogens with zero attached hydrogens (tertiary/aromatic N) is 2. The predicted molar refractivity (Wildman–Crippen MR) is 112 cm³/mol. The molecule has 30 heavy (non-hydrogen) atoms. The second-order valence-corrected chi connectivity index (χ2v) is 8.14. The molecule has 0 bridgehead atoms. The Labute approximate surface area is 179 Å². The van der Waals surface area contributed by atoms with Gasteiger partial charge in [-0.25, -0.2) is 4.98 Å². The highest BCUT2D eigenvalue weighted by Gasteiger charge is 2.69. The van der Waals surface area contributed by atoms with Gasteiger partial charge in [0.2, 0.25) is 5.88 Å². The smallest absolute Gasteiger partial charge is 0.224 e. The molecule has 0 amide bonds. The molecule has 3 atom stereocenters. The molecule has 5 nitrogen and oxygen atoms in total. The van der Waals surface area contributed by atoms with Crippen molar-refractivity contribution in [1.82, 2.24) is 4.98 Å². The SMILES string of the molecule is COc1nc(C#N)cc2c1C1(O)CCC(c3ccccc3)[C@]1(c1ccc(Cl)cc1)O2. The fraction of sp³-hybridized carbons (Fsp3) is 0.250. The minimum atomic E-state index is -1.37. The molecular weight excluding hydrogens is 400 g/mol. The summed E-state index contributed by atoms with van der Waals surface area (Å²) in [5.41, 5.74) is 0.100. The summed E-state index contributed by atoms with van der Waals surface area (Å²) >= 11 is 6.15. The highest BCUT2D eigenvalue weighted by atomic mass is 35.5. The van der Waals surface area contributed by atoms with Crippen molar-refractivity contribution in [3.63, 3.8) is 0 Å². The van der Waals surface area contributed by atoms with Crippen LogP contribution >= 0.6 is 11.6 Å². The van der Waals surface area contributed by atoms with E-state index in [1.165, 1.54) is 7.11 Å².